The lowest BCUT2D eigenvalue weighted by atomic mass is 9.86. The van der Waals surface area contributed by atoms with Crippen LogP contribution in [-0.4, -0.2) is 34.7 Å². The van der Waals surface area contributed by atoms with Gasteiger partial charge in [-0.3, -0.25) is 4.52 Å². The standard InChI is InChI=1S/C16H9Cl10O5P/c17-6-4(7(18)11(22)14(25)10(6)21)16(31-32(28)29,3-30-2-1-27)5-8(19)12(23)15(26)13(24)9(5)20/h27-29H,1-3H2. The Bertz CT molecular complexity index is 908. The third kappa shape index (κ3) is 5.60. The molecule has 0 fully saturated rings. The van der Waals surface area contributed by atoms with Crippen LogP contribution in [0.15, 0.2) is 0 Å². The van der Waals surface area contributed by atoms with Gasteiger partial charge in [0.2, 0.25) is 0 Å². The molecule has 0 bridgehead atoms. The molecule has 0 unspecified atom stereocenters. The summed E-state index contributed by atoms with van der Waals surface area (Å²) in [5.41, 5.74) is -2.71. The predicted molar refractivity (Wildman–Crippen MR) is 134 cm³/mol. The van der Waals surface area contributed by atoms with E-state index in [4.69, 9.17) is 130 Å². The van der Waals surface area contributed by atoms with Crippen molar-refractivity contribution >= 4 is 125 Å². The van der Waals surface area contributed by atoms with Crippen LogP contribution in [0.4, 0.5) is 0 Å². The molecular weight excluding hydrogens is 658 g/mol. The van der Waals surface area contributed by atoms with Crippen LogP contribution in [0.5, 0.6) is 0 Å². The van der Waals surface area contributed by atoms with E-state index in [0.29, 0.717) is 0 Å². The van der Waals surface area contributed by atoms with Gasteiger partial charge in [-0.05, 0) is 0 Å². The molecule has 16 heteroatoms. The molecule has 0 saturated heterocycles. The fraction of sp³-hybridized carbons (Fsp3) is 0.250. The van der Waals surface area contributed by atoms with Gasteiger partial charge >= 0.3 is 8.60 Å². The minimum atomic E-state index is -3.18. The van der Waals surface area contributed by atoms with Gasteiger partial charge in [-0.15, -0.1) is 0 Å². The quantitative estimate of drug-likeness (QED) is 0.114. The molecule has 0 aromatic heterocycles. The number of halogens is 10. The Labute approximate surface area is 233 Å². The van der Waals surface area contributed by atoms with Crippen LogP contribution in [0.2, 0.25) is 50.2 Å². The van der Waals surface area contributed by atoms with Crippen molar-refractivity contribution in [2.75, 3.05) is 19.8 Å². The number of hydrogen-bond donors (Lipinski definition) is 3. The fourth-order valence-electron chi connectivity index (χ4n) is 2.73. The van der Waals surface area contributed by atoms with Crippen molar-refractivity contribution in [3.8, 4) is 0 Å². The van der Waals surface area contributed by atoms with Crippen LogP contribution in [0.25, 0.3) is 0 Å². The number of rotatable bonds is 8. The average molecular weight is 667 g/mol. The van der Waals surface area contributed by atoms with Crippen LogP contribution in [0.3, 0.4) is 0 Å². The Morgan fingerprint density at radius 2 is 0.906 bits per heavy atom. The smallest absolute Gasteiger partial charge is 0.328 e. The highest BCUT2D eigenvalue weighted by atomic mass is 35.5. The zero-order valence-corrected chi connectivity index (χ0v) is 23.5. The number of aliphatic hydroxyl groups excluding tert-OH is 1. The first-order valence-corrected chi connectivity index (χ1v) is 12.9. The first kappa shape index (κ1) is 29.8. The van der Waals surface area contributed by atoms with Crippen molar-refractivity contribution in [3.63, 3.8) is 0 Å². The largest absolute Gasteiger partial charge is 0.394 e. The molecular formula is C16H9Cl10O5P. The molecule has 2 aromatic carbocycles. The Morgan fingerprint density at radius 1 is 0.594 bits per heavy atom. The maximum Gasteiger partial charge on any atom is 0.328 e. The molecule has 178 valence electrons. The summed E-state index contributed by atoms with van der Waals surface area (Å²) in [6.45, 7) is -1.24. The third-order valence-electron chi connectivity index (χ3n) is 4.01. The Balaban J connectivity index is 3.13. The molecule has 0 saturated carbocycles. The van der Waals surface area contributed by atoms with E-state index in [1.165, 1.54) is 0 Å². The van der Waals surface area contributed by atoms with E-state index < -0.39 is 27.4 Å². The Morgan fingerprint density at radius 3 is 1.19 bits per heavy atom. The molecule has 0 aliphatic rings. The number of hydrogen-bond acceptors (Lipinski definition) is 5. The number of aliphatic hydroxyl groups is 1. The minimum Gasteiger partial charge on any atom is -0.394 e. The summed E-state index contributed by atoms with van der Waals surface area (Å²) in [5, 5.41) is 6.62. The average Bonchev–Trinajstić information content (AvgIpc) is 2.73. The van der Waals surface area contributed by atoms with Gasteiger partial charge in [0.25, 0.3) is 0 Å². The van der Waals surface area contributed by atoms with Gasteiger partial charge in [-0.1, -0.05) is 116 Å². The van der Waals surface area contributed by atoms with Gasteiger partial charge in [0, 0.05) is 11.1 Å². The van der Waals surface area contributed by atoms with Crippen molar-refractivity contribution in [1.82, 2.24) is 0 Å². The van der Waals surface area contributed by atoms with E-state index in [1.807, 2.05) is 0 Å². The Kier molecular flexibility index (Phi) is 11.4. The highest BCUT2D eigenvalue weighted by Crippen LogP contribution is 2.58. The van der Waals surface area contributed by atoms with E-state index in [1.54, 1.807) is 0 Å². The van der Waals surface area contributed by atoms with Gasteiger partial charge in [-0.25, -0.2) is 0 Å². The molecule has 0 aliphatic heterocycles. The predicted octanol–water partition coefficient (Wildman–Crippen LogP) is 8.70. The summed E-state index contributed by atoms with van der Waals surface area (Å²) < 4.78 is 10.9. The van der Waals surface area contributed by atoms with E-state index in [9.17, 15) is 9.79 Å². The zero-order chi connectivity index (χ0) is 24.5. The highest BCUT2D eigenvalue weighted by Gasteiger charge is 2.48. The first-order valence-electron chi connectivity index (χ1n) is 7.92. The molecule has 0 amide bonds. The molecule has 0 radical (unpaired) electrons. The van der Waals surface area contributed by atoms with Crippen molar-refractivity contribution in [2.24, 2.45) is 0 Å². The molecule has 0 heterocycles. The topological polar surface area (TPSA) is 79.2 Å². The van der Waals surface area contributed by atoms with E-state index in [0.717, 1.165) is 0 Å². The molecule has 2 rings (SSSR count). The van der Waals surface area contributed by atoms with E-state index in [-0.39, 0.29) is 68.0 Å². The van der Waals surface area contributed by atoms with Crippen LogP contribution < -0.4 is 0 Å². The van der Waals surface area contributed by atoms with Gasteiger partial charge in [-0.2, -0.15) is 0 Å². The maximum atomic E-state index is 9.85. The van der Waals surface area contributed by atoms with Crippen LogP contribution in [0, 0.1) is 0 Å². The number of benzene rings is 2. The summed E-state index contributed by atoms with van der Waals surface area (Å²) in [7, 11) is -3.18. The van der Waals surface area contributed by atoms with Crippen LogP contribution in [0.1, 0.15) is 11.1 Å². The minimum absolute atomic E-state index is 0.183. The summed E-state index contributed by atoms with van der Waals surface area (Å²) in [4.78, 5) is 19.7. The molecule has 32 heavy (non-hydrogen) atoms. The summed E-state index contributed by atoms with van der Waals surface area (Å²) in [6.07, 6.45) is 0. The van der Waals surface area contributed by atoms with Crippen LogP contribution in [-0.2, 0) is 14.9 Å². The van der Waals surface area contributed by atoms with Crippen molar-refractivity contribution in [2.45, 2.75) is 5.60 Å². The van der Waals surface area contributed by atoms with Gasteiger partial charge in [0.1, 0.15) is 0 Å². The van der Waals surface area contributed by atoms with Gasteiger partial charge in [0.15, 0.2) is 5.60 Å². The van der Waals surface area contributed by atoms with Gasteiger partial charge < -0.3 is 19.6 Å². The van der Waals surface area contributed by atoms with E-state index >= 15 is 0 Å². The molecule has 0 aliphatic carbocycles. The normalized spacial score (nSPS) is 12.2. The summed E-state index contributed by atoms with van der Waals surface area (Å²) in [6, 6.07) is 0. The fourth-order valence-corrected chi connectivity index (χ4v) is 6.13. The molecule has 0 atom stereocenters. The van der Waals surface area contributed by atoms with E-state index in [2.05, 4.69) is 0 Å². The monoisotopic (exact) mass is 662 g/mol. The zero-order valence-electron chi connectivity index (χ0n) is 15.0. The lowest BCUT2D eigenvalue weighted by Gasteiger charge is -2.37. The highest BCUT2D eigenvalue weighted by molar-refractivity contribution is 7.39. The first-order chi connectivity index (χ1) is 14.8. The van der Waals surface area contributed by atoms with Crippen LogP contribution >= 0.6 is 125 Å². The summed E-state index contributed by atoms with van der Waals surface area (Å²) in [5.74, 6) is 0. The molecule has 0 spiro atoms. The SMILES string of the molecule is OCCOCC(OP(O)O)(c1c(Cl)c(Cl)c(Cl)c(Cl)c1Cl)c1c(Cl)c(Cl)c(Cl)c(Cl)c1Cl. The number of ether oxygens (including phenoxy) is 1. The van der Waals surface area contributed by atoms with Gasteiger partial charge in [0.05, 0.1) is 70.0 Å². The van der Waals surface area contributed by atoms with Crippen molar-refractivity contribution < 1.29 is 24.2 Å². The molecule has 2 aromatic rings. The third-order valence-corrected chi connectivity index (χ3v) is 9.03. The lowest BCUT2D eigenvalue weighted by molar-refractivity contribution is -0.0196. The second kappa shape index (κ2) is 12.2. The summed E-state index contributed by atoms with van der Waals surface area (Å²) >= 11 is 62.8. The lowest BCUT2D eigenvalue weighted by Crippen LogP contribution is -2.37. The Hall–Kier alpha value is 1.57. The van der Waals surface area contributed by atoms with Crippen molar-refractivity contribution in [3.05, 3.63) is 61.4 Å². The second-order valence-corrected chi connectivity index (χ2v) is 10.3. The van der Waals surface area contributed by atoms with Crippen molar-refractivity contribution in [1.29, 1.82) is 0 Å². The molecule has 5 nitrogen and oxygen atoms in total. The second-order valence-electron chi connectivity index (χ2n) is 5.84. The molecule has 3 N–H and O–H groups in total. The maximum absolute atomic E-state index is 9.85.